The third-order valence-electron chi connectivity index (χ3n) is 5.01. The lowest BCUT2D eigenvalue weighted by Crippen LogP contribution is -2.19. The van der Waals surface area contributed by atoms with E-state index >= 15 is 0 Å². The highest BCUT2D eigenvalue weighted by atomic mass is 19.4. The quantitative estimate of drug-likeness (QED) is 0.525. The second-order valence-electron chi connectivity index (χ2n) is 7.01. The van der Waals surface area contributed by atoms with Crippen LogP contribution in [0.1, 0.15) is 29.8 Å². The number of imidazole rings is 1. The van der Waals surface area contributed by atoms with Crippen molar-refractivity contribution in [2.24, 2.45) is 7.05 Å². The number of nitrogens with zero attached hydrogens (tertiary/aromatic N) is 5. The van der Waals surface area contributed by atoms with Gasteiger partial charge in [0.25, 0.3) is 0 Å². The van der Waals surface area contributed by atoms with Crippen molar-refractivity contribution in [2.45, 2.75) is 25.4 Å². The topological polar surface area (TPSA) is 57.1 Å². The van der Waals surface area contributed by atoms with E-state index in [1.165, 1.54) is 23.0 Å². The van der Waals surface area contributed by atoms with Crippen LogP contribution in [0.4, 0.5) is 13.2 Å². The molecule has 0 saturated carbocycles. The van der Waals surface area contributed by atoms with Gasteiger partial charge < -0.3 is 4.57 Å². The summed E-state index contributed by atoms with van der Waals surface area (Å²) in [6.07, 6.45) is 0.299. The highest BCUT2D eigenvalue weighted by Crippen LogP contribution is 2.32. The van der Waals surface area contributed by atoms with E-state index in [0.29, 0.717) is 12.1 Å². The molecule has 0 aliphatic rings. The van der Waals surface area contributed by atoms with Crippen LogP contribution < -0.4 is 5.69 Å². The molecular formula is C20H18F3N5O. The van der Waals surface area contributed by atoms with Crippen molar-refractivity contribution in [3.63, 3.8) is 0 Å². The van der Waals surface area contributed by atoms with E-state index in [0.717, 1.165) is 21.9 Å². The van der Waals surface area contributed by atoms with Crippen LogP contribution in [0.25, 0.3) is 11.2 Å². The highest BCUT2D eigenvalue weighted by Gasteiger charge is 2.33. The van der Waals surface area contributed by atoms with Gasteiger partial charge in [-0.3, -0.25) is 8.97 Å². The number of benzene rings is 1. The molecule has 0 aliphatic heterocycles. The number of halogens is 3. The molecule has 1 atom stereocenters. The van der Waals surface area contributed by atoms with Gasteiger partial charge in [0, 0.05) is 25.9 Å². The Labute approximate surface area is 163 Å². The van der Waals surface area contributed by atoms with Crippen LogP contribution in [0.3, 0.4) is 0 Å². The lowest BCUT2D eigenvalue weighted by atomic mass is 9.97. The summed E-state index contributed by atoms with van der Waals surface area (Å²) in [5.41, 5.74) is -0.118. The first-order valence-corrected chi connectivity index (χ1v) is 8.99. The van der Waals surface area contributed by atoms with Crippen molar-refractivity contribution in [3.05, 3.63) is 82.6 Å². The molecule has 0 fully saturated rings. The van der Waals surface area contributed by atoms with Gasteiger partial charge >= 0.3 is 11.9 Å². The average molecular weight is 401 g/mol. The van der Waals surface area contributed by atoms with Crippen LogP contribution in [0.2, 0.25) is 0 Å². The van der Waals surface area contributed by atoms with Crippen molar-refractivity contribution in [1.82, 2.24) is 23.7 Å². The third kappa shape index (κ3) is 3.43. The van der Waals surface area contributed by atoms with E-state index in [-0.39, 0.29) is 11.4 Å². The number of rotatable bonds is 4. The SMILES string of the molecule is CC(Cc1nncn1C)c1cccc(-n2cc3c(C(F)(F)F)cccn3c2=O)c1. The second kappa shape index (κ2) is 6.91. The molecule has 9 heteroatoms. The van der Waals surface area contributed by atoms with Gasteiger partial charge in [-0.15, -0.1) is 10.2 Å². The molecule has 0 radical (unpaired) electrons. The van der Waals surface area contributed by atoms with Gasteiger partial charge in [-0.1, -0.05) is 19.1 Å². The first-order valence-electron chi connectivity index (χ1n) is 8.99. The summed E-state index contributed by atoms with van der Waals surface area (Å²) >= 11 is 0. The molecule has 1 aromatic carbocycles. The van der Waals surface area contributed by atoms with Crippen molar-refractivity contribution < 1.29 is 13.2 Å². The van der Waals surface area contributed by atoms with Gasteiger partial charge in [0.05, 0.1) is 16.8 Å². The molecule has 6 nitrogen and oxygen atoms in total. The number of fused-ring (bicyclic) bond motifs is 1. The number of pyridine rings is 1. The summed E-state index contributed by atoms with van der Waals surface area (Å²) in [4.78, 5) is 12.7. The Morgan fingerprint density at radius 1 is 1.17 bits per heavy atom. The Balaban J connectivity index is 1.75. The standard InChI is InChI=1S/C20H18F3N5O/c1-13(9-18-25-24-12-26(18)2)14-5-3-6-15(10-14)28-11-17-16(20(21,22)23)7-4-8-27(17)19(28)29/h3-8,10-13H,9H2,1-2H3. The number of hydrogen-bond acceptors (Lipinski definition) is 3. The van der Waals surface area contributed by atoms with E-state index in [1.807, 2.05) is 30.7 Å². The molecular weight excluding hydrogens is 383 g/mol. The van der Waals surface area contributed by atoms with E-state index in [4.69, 9.17) is 0 Å². The Hall–Kier alpha value is -3.36. The van der Waals surface area contributed by atoms with Gasteiger partial charge in [-0.25, -0.2) is 4.79 Å². The van der Waals surface area contributed by atoms with Crippen LogP contribution in [-0.4, -0.2) is 23.7 Å². The largest absolute Gasteiger partial charge is 0.418 e. The Kier molecular flexibility index (Phi) is 4.52. The maximum atomic E-state index is 13.3. The summed E-state index contributed by atoms with van der Waals surface area (Å²) < 4.78 is 44.0. The van der Waals surface area contributed by atoms with Gasteiger partial charge in [0.2, 0.25) is 0 Å². The fraction of sp³-hybridized carbons (Fsp3) is 0.250. The summed E-state index contributed by atoms with van der Waals surface area (Å²) in [6, 6.07) is 9.42. The van der Waals surface area contributed by atoms with Gasteiger partial charge in [-0.05, 0) is 35.7 Å². The van der Waals surface area contributed by atoms with E-state index in [2.05, 4.69) is 10.2 Å². The van der Waals surface area contributed by atoms with Crippen molar-refractivity contribution in [1.29, 1.82) is 0 Å². The van der Waals surface area contributed by atoms with Crippen LogP contribution in [0, 0.1) is 0 Å². The minimum atomic E-state index is -4.54. The van der Waals surface area contributed by atoms with Crippen LogP contribution >= 0.6 is 0 Å². The molecule has 29 heavy (non-hydrogen) atoms. The Morgan fingerprint density at radius 2 is 1.97 bits per heavy atom. The van der Waals surface area contributed by atoms with Gasteiger partial charge in [0.1, 0.15) is 12.2 Å². The molecule has 4 rings (SSSR count). The number of aromatic nitrogens is 5. The first kappa shape index (κ1) is 19.0. The molecule has 0 saturated heterocycles. The monoisotopic (exact) mass is 401 g/mol. The first-order chi connectivity index (χ1) is 13.8. The van der Waals surface area contributed by atoms with Crippen molar-refractivity contribution in [2.75, 3.05) is 0 Å². The Bertz CT molecular complexity index is 1230. The van der Waals surface area contributed by atoms with Crippen LogP contribution in [-0.2, 0) is 19.6 Å². The predicted molar refractivity (Wildman–Crippen MR) is 101 cm³/mol. The Morgan fingerprint density at radius 3 is 2.66 bits per heavy atom. The molecule has 1 unspecified atom stereocenters. The summed E-state index contributed by atoms with van der Waals surface area (Å²) in [5.74, 6) is 0.904. The van der Waals surface area contributed by atoms with E-state index in [1.54, 1.807) is 18.5 Å². The lowest BCUT2D eigenvalue weighted by molar-refractivity contribution is -0.136. The summed E-state index contributed by atoms with van der Waals surface area (Å²) in [7, 11) is 1.86. The molecule has 0 amide bonds. The number of aryl methyl sites for hydroxylation is 1. The molecule has 0 spiro atoms. The van der Waals surface area contributed by atoms with E-state index < -0.39 is 17.4 Å². The highest BCUT2D eigenvalue weighted by molar-refractivity contribution is 5.56. The molecule has 3 aromatic heterocycles. The molecule has 4 aromatic rings. The maximum absolute atomic E-state index is 13.3. The van der Waals surface area contributed by atoms with E-state index in [9.17, 15) is 18.0 Å². The fourth-order valence-corrected chi connectivity index (χ4v) is 3.40. The fourth-order valence-electron chi connectivity index (χ4n) is 3.40. The normalized spacial score (nSPS) is 13.1. The summed E-state index contributed by atoms with van der Waals surface area (Å²) in [6.45, 7) is 2.02. The number of hydrogen-bond donors (Lipinski definition) is 0. The smallest absolute Gasteiger partial charge is 0.321 e. The lowest BCUT2D eigenvalue weighted by Gasteiger charge is -2.13. The zero-order chi connectivity index (χ0) is 20.8. The molecule has 150 valence electrons. The zero-order valence-corrected chi connectivity index (χ0v) is 15.8. The van der Waals surface area contributed by atoms with Crippen molar-refractivity contribution in [3.8, 4) is 5.69 Å². The number of alkyl halides is 3. The average Bonchev–Trinajstić information content (AvgIpc) is 3.24. The molecule has 0 aliphatic carbocycles. The van der Waals surface area contributed by atoms with Gasteiger partial charge in [0.15, 0.2) is 0 Å². The minimum Gasteiger partial charge on any atom is -0.321 e. The summed E-state index contributed by atoms with van der Waals surface area (Å²) in [5, 5.41) is 7.96. The zero-order valence-electron chi connectivity index (χ0n) is 15.8. The van der Waals surface area contributed by atoms with Crippen LogP contribution in [0.5, 0.6) is 0 Å². The maximum Gasteiger partial charge on any atom is 0.418 e. The predicted octanol–water partition coefficient (Wildman–Crippen LogP) is 3.58. The van der Waals surface area contributed by atoms with Crippen molar-refractivity contribution >= 4 is 5.52 Å². The molecule has 0 bridgehead atoms. The molecule has 3 heterocycles. The third-order valence-corrected chi connectivity index (χ3v) is 5.01. The van der Waals surface area contributed by atoms with Crippen LogP contribution in [0.15, 0.2) is 59.9 Å². The minimum absolute atomic E-state index is 0.0799. The van der Waals surface area contributed by atoms with Gasteiger partial charge in [-0.2, -0.15) is 13.2 Å². The molecule has 0 N–H and O–H groups in total. The second-order valence-corrected chi connectivity index (χ2v) is 7.01.